The number of hydrogen-bond donors (Lipinski definition) is 2. The second kappa shape index (κ2) is 6.21. The summed E-state index contributed by atoms with van der Waals surface area (Å²) in [7, 11) is 0. The third-order valence-corrected chi connectivity index (χ3v) is 4.74. The molecule has 4 rings (SSSR count). The van der Waals surface area contributed by atoms with E-state index >= 15 is 0 Å². The lowest BCUT2D eigenvalue weighted by Gasteiger charge is -2.26. The van der Waals surface area contributed by atoms with Crippen LogP contribution in [0.25, 0.3) is 5.69 Å². The second-order valence-corrected chi connectivity index (χ2v) is 6.44. The molecule has 1 aliphatic heterocycles. The van der Waals surface area contributed by atoms with Crippen LogP contribution in [0.5, 0.6) is 0 Å². The van der Waals surface area contributed by atoms with E-state index in [1.54, 1.807) is 36.4 Å². The van der Waals surface area contributed by atoms with Crippen molar-refractivity contribution < 1.29 is 4.79 Å². The van der Waals surface area contributed by atoms with Gasteiger partial charge >= 0.3 is 0 Å². The van der Waals surface area contributed by atoms with Crippen molar-refractivity contribution in [3.05, 3.63) is 81.1 Å². The molecule has 1 amide bonds. The van der Waals surface area contributed by atoms with Gasteiger partial charge in [-0.25, -0.2) is 4.68 Å². The topological polar surface area (TPSA) is 90.7 Å². The Kier molecular flexibility index (Phi) is 3.86. The molecule has 1 aromatic heterocycles. The third kappa shape index (κ3) is 2.50. The van der Waals surface area contributed by atoms with Crippen LogP contribution in [0.1, 0.15) is 17.0 Å². The summed E-state index contributed by atoms with van der Waals surface area (Å²) >= 11 is 5.95. The summed E-state index contributed by atoms with van der Waals surface area (Å²) in [6.45, 7) is 0. The first-order valence-electron chi connectivity index (χ1n) is 7.96. The smallest absolute Gasteiger partial charge is 0.277 e. The van der Waals surface area contributed by atoms with E-state index in [2.05, 4.69) is 10.4 Å². The Morgan fingerprint density at radius 2 is 1.73 bits per heavy atom. The maximum absolute atomic E-state index is 13.1. The Labute approximate surface area is 153 Å². The van der Waals surface area contributed by atoms with Crippen molar-refractivity contribution in [1.82, 2.24) is 9.78 Å². The monoisotopic (exact) mass is 364 g/mol. The first-order valence-corrected chi connectivity index (χ1v) is 8.34. The number of rotatable bonds is 2. The van der Waals surface area contributed by atoms with E-state index in [1.807, 2.05) is 24.3 Å². The van der Waals surface area contributed by atoms with Crippen molar-refractivity contribution in [2.75, 3.05) is 5.32 Å². The van der Waals surface area contributed by atoms with Crippen molar-refractivity contribution in [2.45, 2.75) is 5.92 Å². The van der Waals surface area contributed by atoms with Gasteiger partial charge in [0.25, 0.3) is 5.56 Å². The Bertz CT molecular complexity index is 1080. The minimum absolute atomic E-state index is 0.300. The molecule has 0 bridgehead atoms. The van der Waals surface area contributed by atoms with Gasteiger partial charge in [0.15, 0.2) is 0 Å². The number of carbonyl (C=O) groups is 1. The van der Waals surface area contributed by atoms with E-state index in [0.29, 0.717) is 27.7 Å². The first-order chi connectivity index (χ1) is 12.6. The van der Waals surface area contributed by atoms with Gasteiger partial charge in [-0.1, -0.05) is 41.9 Å². The maximum Gasteiger partial charge on any atom is 0.277 e. The van der Waals surface area contributed by atoms with Gasteiger partial charge in [0.2, 0.25) is 5.91 Å². The van der Waals surface area contributed by atoms with Gasteiger partial charge in [-0.3, -0.25) is 14.7 Å². The summed E-state index contributed by atoms with van der Waals surface area (Å²) in [4.78, 5) is 25.5. The molecular formula is C19H13ClN4O2. The summed E-state index contributed by atoms with van der Waals surface area (Å²) in [6.07, 6.45) is 0. The largest absolute Gasteiger partial charge is 0.310 e. The number of nitrogens with zero attached hydrogens (tertiary/aromatic N) is 2. The van der Waals surface area contributed by atoms with Crippen molar-refractivity contribution in [2.24, 2.45) is 5.92 Å². The highest BCUT2D eigenvalue weighted by atomic mass is 35.5. The summed E-state index contributed by atoms with van der Waals surface area (Å²) < 4.78 is 1.37. The molecule has 2 aromatic carbocycles. The van der Waals surface area contributed by atoms with Crippen LogP contribution in [0.2, 0.25) is 5.02 Å². The molecule has 26 heavy (non-hydrogen) atoms. The summed E-state index contributed by atoms with van der Waals surface area (Å²) in [6, 6.07) is 17.9. The van der Waals surface area contributed by atoms with Gasteiger partial charge < -0.3 is 5.32 Å². The van der Waals surface area contributed by atoms with E-state index < -0.39 is 17.7 Å². The Morgan fingerprint density at radius 3 is 2.38 bits per heavy atom. The number of nitriles is 1. The molecule has 0 fully saturated rings. The molecule has 0 radical (unpaired) electrons. The van der Waals surface area contributed by atoms with E-state index in [1.165, 1.54) is 4.68 Å². The summed E-state index contributed by atoms with van der Waals surface area (Å²) in [5, 5.41) is 15.7. The normalized spacial score (nSPS) is 18.7. The maximum atomic E-state index is 13.1. The van der Waals surface area contributed by atoms with Gasteiger partial charge in [0, 0.05) is 10.9 Å². The molecule has 0 unspecified atom stereocenters. The van der Waals surface area contributed by atoms with Crippen LogP contribution >= 0.6 is 11.6 Å². The molecule has 0 saturated carbocycles. The molecule has 0 saturated heterocycles. The number of carbonyl (C=O) groups excluding carboxylic acids is 1. The molecule has 3 aromatic rings. The average Bonchev–Trinajstić information content (AvgIpc) is 2.98. The fourth-order valence-electron chi connectivity index (χ4n) is 3.27. The predicted molar refractivity (Wildman–Crippen MR) is 97.4 cm³/mol. The molecule has 2 atom stereocenters. The van der Waals surface area contributed by atoms with Gasteiger partial charge in [-0.15, -0.1) is 0 Å². The number of halogens is 1. The number of nitrogens with one attached hydrogen (secondary N) is 2. The standard InChI is InChI=1S/C19H13ClN4O2/c20-12-8-6-11(7-9-12)15-14(10-21)18(25)22-17-16(15)19(26)24(23-17)13-4-2-1-3-5-13/h1-9,14-15,23H,(H,22,25)/t14-,15-/m1/s1. The minimum atomic E-state index is -1.00. The highest BCUT2D eigenvalue weighted by molar-refractivity contribution is 6.30. The lowest BCUT2D eigenvalue weighted by Crippen LogP contribution is -2.35. The van der Waals surface area contributed by atoms with Crippen molar-refractivity contribution in [1.29, 1.82) is 5.26 Å². The number of benzene rings is 2. The van der Waals surface area contributed by atoms with E-state index in [4.69, 9.17) is 11.6 Å². The highest BCUT2D eigenvalue weighted by Crippen LogP contribution is 2.38. The molecule has 7 heteroatoms. The van der Waals surface area contributed by atoms with Gasteiger partial charge in [0.1, 0.15) is 11.7 Å². The van der Waals surface area contributed by atoms with Crippen molar-refractivity contribution in [3.63, 3.8) is 0 Å². The van der Waals surface area contributed by atoms with Crippen LogP contribution in [0.3, 0.4) is 0 Å². The molecule has 0 spiro atoms. The molecular weight excluding hydrogens is 352 g/mol. The predicted octanol–water partition coefficient (Wildman–Crippen LogP) is 3.04. The van der Waals surface area contributed by atoms with Crippen molar-refractivity contribution in [3.8, 4) is 11.8 Å². The number of amides is 1. The fourth-order valence-corrected chi connectivity index (χ4v) is 3.40. The van der Waals surface area contributed by atoms with Crippen LogP contribution in [0.15, 0.2) is 59.4 Å². The number of anilines is 1. The molecule has 2 heterocycles. The molecule has 128 valence electrons. The second-order valence-electron chi connectivity index (χ2n) is 6.00. The Balaban J connectivity index is 1.94. The highest BCUT2D eigenvalue weighted by Gasteiger charge is 2.41. The van der Waals surface area contributed by atoms with Gasteiger partial charge in [-0.2, -0.15) is 5.26 Å². The molecule has 1 aliphatic rings. The van der Waals surface area contributed by atoms with E-state index in [-0.39, 0.29) is 5.56 Å². The number of H-pyrrole nitrogens is 1. The SMILES string of the molecule is N#C[C@H]1C(=O)Nc2[nH]n(-c3ccccc3)c(=O)c2[C@@H]1c1ccc(Cl)cc1. The average molecular weight is 365 g/mol. The van der Waals surface area contributed by atoms with Crippen molar-refractivity contribution >= 4 is 23.3 Å². The number of fused-ring (bicyclic) bond motifs is 1. The minimum Gasteiger partial charge on any atom is -0.310 e. The van der Waals surface area contributed by atoms with Crippen LogP contribution in [-0.4, -0.2) is 15.7 Å². The number of hydrogen-bond acceptors (Lipinski definition) is 3. The van der Waals surface area contributed by atoms with Gasteiger partial charge in [-0.05, 0) is 29.8 Å². The van der Waals surface area contributed by atoms with Crippen LogP contribution < -0.4 is 10.9 Å². The Morgan fingerprint density at radius 1 is 1.04 bits per heavy atom. The summed E-state index contributed by atoms with van der Waals surface area (Å²) in [5.41, 5.74) is 1.39. The number of para-hydroxylation sites is 1. The van der Waals surface area contributed by atoms with Gasteiger partial charge in [0.05, 0.1) is 17.3 Å². The zero-order valence-corrected chi connectivity index (χ0v) is 14.2. The number of aromatic amines is 1. The zero-order chi connectivity index (χ0) is 18.3. The molecule has 6 nitrogen and oxygen atoms in total. The van der Waals surface area contributed by atoms with E-state index in [0.717, 1.165) is 0 Å². The molecule has 2 N–H and O–H groups in total. The van der Waals surface area contributed by atoms with E-state index in [9.17, 15) is 14.9 Å². The lowest BCUT2D eigenvalue weighted by molar-refractivity contribution is -0.119. The summed E-state index contributed by atoms with van der Waals surface area (Å²) in [5.74, 6) is -1.80. The van der Waals surface area contributed by atoms with Crippen LogP contribution in [-0.2, 0) is 4.79 Å². The first kappa shape index (κ1) is 16.2. The molecule has 0 aliphatic carbocycles. The van der Waals surface area contributed by atoms with Crippen LogP contribution in [0, 0.1) is 17.2 Å². The Hall–Kier alpha value is -3.30. The fraction of sp³-hybridized carbons (Fsp3) is 0.105. The van der Waals surface area contributed by atoms with Crippen LogP contribution in [0.4, 0.5) is 5.82 Å². The number of aromatic nitrogens is 2. The zero-order valence-electron chi connectivity index (χ0n) is 13.4. The lowest BCUT2D eigenvalue weighted by atomic mass is 9.79. The third-order valence-electron chi connectivity index (χ3n) is 4.48. The quantitative estimate of drug-likeness (QED) is 0.732.